The van der Waals surface area contributed by atoms with E-state index in [0.717, 1.165) is 18.5 Å². The minimum Gasteiger partial charge on any atom is -0.387 e. The number of benzene rings is 1. The molecule has 1 atom stereocenters. The van der Waals surface area contributed by atoms with Crippen LogP contribution in [0.25, 0.3) is 0 Å². The van der Waals surface area contributed by atoms with Crippen LogP contribution in [0.1, 0.15) is 11.7 Å². The van der Waals surface area contributed by atoms with Gasteiger partial charge in [0.15, 0.2) is 5.82 Å². The number of anilines is 1. The van der Waals surface area contributed by atoms with Crippen LogP contribution in [-0.2, 0) is 0 Å². The number of aliphatic hydroxyl groups is 1. The first-order valence-corrected chi connectivity index (χ1v) is 5.78. The molecule has 19 heavy (non-hydrogen) atoms. The van der Waals surface area contributed by atoms with Gasteiger partial charge in [-0.15, -0.1) is 0 Å². The summed E-state index contributed by atoms with van der Waals surface area (Å²) in [7, 11) is 0. The normalized spacial score (nSPS) is 12.2. The molecule has 2 N–H and O–H groups in total. The molecule has 0 unspecified atom stereocenters. The summed E-state index contributed by atoms with van der Waals surface area (Å²) in [4.78, 5) is 7.34. The molecule has 0 aliphatic heterocycles. The molecule has 1 heterocycles. The summed E-state index contributed by atoms with van der Waals surface area (Å²) in [5, 5.41) is 12.6. The number of rotatable bonds is 4. The molecule has 1 aromatic heterocycles. The second kappa shape index (κ2) is 5.90. The Morgan fingerprint density at radius 3 is 2.58 bits per heavy atom. The first kappa shape index (κ1) is 13.6. The van der Waals surface area contributed by atoms with Crippen molar-refractivity contribution in [3.05, 3.63) is 52.8 Å². The van der Waals surface area contributed by atoms with Gasteiger partial charge in [0.25, 0.3) is 0 Å². The average Bonchev–Trinajstić information content (AvgIpc) is 2.41. The van der Waals surface area contributed by atoms with Crippen LogP contribution in [0.5, 0.6) is 0 Å². The van der Waals surface area contributed by atoms with E-state index in [9.17, 15) is 13.9 Å². The fourth-order valence-electron chi connectivity index (χ4n) is 1.43. The molecule has 2 rings (SSSR count). The Hall–Kier alpha value is -1.79. The highest BCUT2D eigenvalue weighted by molar-refractivity contribution is 6.30. The third-order valence-corrected chi connectivity index (χ3v) is 2.71. The van der Waals surface area contributed by atoms with Gasteiger partial charge in [0, 0.05) is 6.54 Å². The zero-order valence-electron chi connectivity index (χ0n) is 9.65. The molecular weight excluding hydrogens is 276 g/mol. The lowest BCUT2D eigenvalue weighted by Gasteiger charge is -2.12. The van der Waals surface area contributed by atoms with Crippen LogP contribution in [-0.4, -0.2) is 21.6 Å². The highest BCUT2D eigenvalue weighted by Gasteiger charge is 2.10. The highest BCUT2D eigenvalue weighted by Crippen LogP contribution is 2.20. The Morgan fingerprint density at radius 1 is 1.26 bits per heavy atom. The third-order valence-electron chi connectivity index (χ3n) is 2.40. The van der Waals surface area contributed by atoms with Crippen molar-refractivity contribution in [1.29, 1.82) is 0 Å². The second-order valence-corrected chi connectivity index (χ2v) is 4.20. The van der Waals surface area contributed by atoms with Gasteiger partial charge in [-0.05, 0) is 17.7 Å². The first-order chi connectivity index (χ1) is 9.06. The molecule has 2 aromatic rings. The summed E-state index contributed by atoms with van der Waals surface area (Å²) < 4.78 is 25.8. The summed E-state index contributed by atoms with van der Waals surface area (Å²) in [5.74, 6) is -0.975. The first-order valence-electron chi connectivity index (χ1n) is 5.40. The lowest BCUT2D eigenvalue weighted by Crippen LogP contribution is -2.14. The third kappa shape index (κ3) is 3.59. The minimum absolute atomic E-state index is 0.00854. The molecule has 0 aliphatic carbocycles. The van der Waals surface area contributed by atoms with Crippen molar-refractivity contribution in [3.63, 3.8) is 0 Å². The van der Waals surface area contributed by atoms with Crippen LogP contribution in [0.4, 0.5) is 14.7 Å². The van der Waals surface area contributed by atoms with E-state index in [1.165, 1.54) is 12.1 Å². The zero-order valence-corrected chi connectivity index (χ0v) is 10.4. The van der Waals surface area contributed by atoms with Gasteiger partial charge in [0.1, 0.15) is 5.82 Å². The number of nitrogens with one attached hydrogen (secondary N) is 1. The van der Waals surface area contributed by atoms with E-state index in [2.05, 4.69) is 15.3 Å². The van der Waals surface area contributed by atoms with Crippen LogP contribution in [0.2, 0.25) is 5.02 Å². The Kier molecular flexibility index (Phi) is 4.24. The number of nitrogens with zero attached hydrogens (tertiary/aromatic N) is 2. The van der Waals surface area contributed by atoms with E-state index in [4.69, 9.17) is 11.6 Å². The molecule has 0 fully saturated rings. The van der Waals surface area contributed by atoms with Gasteiger partial charge < -0.3 is 10.4 Å². The molecule has 100 valence electrons. The standard InChI is InChI=1S/C12H10ClF2N3O/c13-9-2-1-7(3-10(9)15)11(19)6-18-12-16-4-8(14)5-17-12/h1-5,11,19H,6H2,(H,16,17,18)/t11-/m1/s1. The van der Waals surface area contributed by atoms with E-state index in [-0.39, 0.29) is 17.5 Å². The fraction of sp³-hybridized carbons (Fsp3) is 0.167. The Balaban J connectivity index is 1.98. The van der Waals surface area contributed by atoms with E-state index in [1.807, 2.05) is 0 Å². The Morgan fingerprint density at radius 2 is 1.95 bits per heavy atom. The lowest BCUT2D eigenvalue weighted by atomic mass is 10.1. The minimum atomic E-state index is -0.958. The smallest absolute Gasteiger partial charge is 0.222 e. The lowest BCUT2D eigenvalue weighted by molar-refractivity contribution is 0.191. The molecule has 1 aromatic carbocycles. The Bertz CT molecular complexity index is 565. The number of hydrogen-bond acceptors (Lipinski definition) is 4. The number of hydrogen-bond donors (Lipinski definition) is 2. The summed E-state index contributed by atoms with van der Waals surface area (Å²) in [6, 6.07) is 4.04. The van der Waals surface area contributed by atoms with Crippen LogP contribution >= 0.6 is 11.6 Å². The molecular formula is C12H10ClF2N3O. The second-order valence-electron chi connectivity index (χ2n) is 3.80. The van der Waals surface area contributed by atoms with E-state index in [1.54, 1.807) is 0 Å². The maximum Gasteiger partial charge on any atom is 0.222 e. The van der Waals surface area contributed by atoms with Crippen molar-refractivity contribution in [2.45, 2.75) is 6.10 Å². The maximum absolute atomic E-state index is 13.2. The van der Waals surface area contributed by atoms with Crippen LogP contribution in [0.15, 0.2) is 30.6 Å². The van der Waals surface area contributed by atoms with Crippen LogP contribution < -0.4 is 5.32 Å². The molecule has 0 spiro atoms. The number of halogens is 3. The van der Waals surface area contributed by atoms with E-state index >= 15 is 0 Å². The molecule has 4 nitrogen and oxygen atoms in total. The highest BCUT2D eigenvalue weighted by atomic mass is 35.5. The van der Waals surface area contributed by atoms with Crippen LogP contribution in [0.3, 0.4) is 0 Å². The van der Waals surface area contributed by atoms with Crippen molar-refractivity contribution in [2.75, 3.05) is 11.9 Å². The number of aliphatic hydroxyl groups excluding tert-OH is 1. The van der Waals surface area contributed by atoms with Crippen molar-refractivity contribution in [2.24, 2.45) is 0 Å². The average molecular weight is 286 g/mol. The van der Waals surface area contributed by atoms with Crippen LogP contribution in [0, 0.1) is 11.6 Å². The predicted octanol–water partition coefficient (Wildman–Crippen LogP) is 2.55. The molecule has 7 heteroatoms. The zero-order chi connectivity index (χ0) is 13.8. The van der Waals surface area contributed by atoms with Gasteiger partial charge in [-0.1, -0.05) is 17.7 Å². The monoisotopic (exact) mass is 285 g/mol. The number of aromatic nitrogens is 2. The van der Waals surface area contributed by atoms with Crippen molar-refractivity contribution in [1.82, 2.24) is 9.97 Å². The topological polar surface area (TPSA) is 58.0 Å². The Labute approximate surface area is 113 Å². The quantitative estimate of drug-likeness (QED) is 0.906. The molecule has 0 saturated heterocycles. The molecule has 0 saturated carbocycles. The molecule has 0 bridgehead atoms. The van der Waals surface area contributed by atoms with Gasteiger partial charge in [-0.25, -0.2) is 18.7 Å². The summed E-state index contributed by atoms with van der Waals surface area (Å²) in [5.41, 5.74) is 0.372. The summed E-state index contributed by atoms with van der Waals surface area (Å²) >= 11 is 5.55. The molecule has 0 amide bonds. The molecule has 0 radical (unpaired) electrons. The predicted molar refractivity (Wildman–Crippen MR) is 66.8 cm³/mol. The van der Waals surface area contributed by atoms with Crippen molar-refractivity contribution in [3.8, 4) is 0 Å². The van der Waals surface area contributed by atoms with Gasteiger partial charge in [0.2, 0.25) is 5.95 Å². The van der Waals surface area contributed by atoms with Gasteiger partial charge in [-0.2, -0.15) is 0 Å². The SMILES string of the molecule is O[C@H](CNc1ncc(F)cn1)c1ccc(Cl)c(F)c1. The largest absolute Gasteiger partial charge is 0.387 e. The van der Waals surface area contributed by atoms with E-state index < -0.39 is 17.7 Å². The maximum atomic E-state index is 13.2. The summed E-state index contributed by atoms with van der Waals surface area (Å²) in [6.45, 7) is 0.0622. The summed E-state index contributed by atoms with van der Waals surface area (Å²) in [6.07, 6.45) is 1.05. The van der Waals surface area contributed by atoms with E-state index in [0.29, 0.717) is 5.56 Å². The van der Waals surface area contributed by atoms with Crippen molar-refractivity contribution < 1.29 is 13.9 Å². The van der Waals surface area contributed by atoms with Crippen molar-refractivity contribution >= 4 is 17.5 Å². The molecule has 0 aliphatic rings. The van der Waals surface area contributed by atoms with Gasteiger partial charge in [-0.3, -0.25) is 0 Å². The van der Waals surface area contributed by atoms with Gasteiger partial charge in [0.05, 0.1) is 23.5 Å². The van der Waals surface area contributed by atoms with Gasteiger partial charge >= 0.3 is 0 Å². The fourth-order valence-corrected chi connectivity index (χ4v) is 1.55.